The molecule has 1 amide bonds. The van der Waals surface area contributed by atoms with Crippen LogP contribution in [0.3, 0.4) is 0 Å². The Morgan fingerprint density at radius 3 is 2.68 bits per heavy atom. The molecule has 0 aromatic heterocycles. The first-order valence-electron chi connectivity index (χ1n) is 10.1. The number of esters is 1. The molecule has 1 heterocycles. The SMILES string of the molecule is C=CC[C@@H]1CC[C@@H]2C(=CCC[C@@H]2C(=O)OCC)N1C(=O)OCc1ccccc1. The Morgan fingerprint density at radius 1 is 1.18 bits per heavy atom. The van der Waals surface area contributed by atoms with E-state index in [1.165, 1.54) is 0 Å². The van der Waals surface area contributed by atoms with E-state index in [2.05, 4.69) is 12.7 Å². The summed E-state index contributed by atoms with van der Waals surface area (Å²) in [7, 11) is 0. The zero-order valence-electron chi connectivity index (χ0n) is 16.5. The van der Waals surface area contributed by atoms with Crippen LogP contribution in [0.15, 0.2) is 54.8 Å². The normalized spacial score (nSPS) is 24.0. The summed E-state index contributed by atoms with van der Waals surface area (Å²) in [5, 5.41) is 0. The molecular weight excluding hydrogens is 354 g/mol. The van der Waals surface area contributed by atoms with E-state index in [0.29, 0.717) is 13.0 Å². The van der Waals surface area contributed by atoms with Crippen molar-refractivity contribution in [2.45, 2.75) is 51.7 Å². The molecule has 1 aromatic carbocycles. The smallest absolute Gasteiger partial charge is 0.414 e. The summed E-state index contributed by atoms with van der Waals surface area (Å²) in [5.41, 5.74) is 1.87. The quantitative estimate of drug-likeness (QED) is 0.521. The second-order valence-corrected chi connectivity index (χ2v) is 7.34. The Morgan fingerprint density at radius 2 is 1.96 bits per heavy atom. The highest BCUT2D eigenvalue weighted by Crippen LogP contribution is 2.42. The zero-order chi connectivity index (χ0) is 19.9. The number of fused-ring (bicyclic) bond motifs is 1. The predicted octanol–water partition coefficient (Wildman–Crippen LogP) is 4.84. The molecule has 1 aliphatic carbocycles. The number of hydrogen-bond donors (Lipinski definition) is 0. The third-order valence-electron chi connectivity index (χ3n) is 5.58. The van der Waals surface area contributed by atoms with E-state index in [-0.39, 0.29) is 36.5 Å². The van der Waals surface area contributed by atoms with Gasteiger partial charge >= 0.3 is 12.1 Å². The van der Waals surface area contributed by atoms with Gasteiger partial charge in [0.05, 0.1) is 12.5 Å². The van der Waals surface area contributed by atoms with Gasteiger partial charge in [0.1, 0.15) is 6.61 Å². The lowest BCUT2D eigenvalue weighted by molar-refractivity contribution is -0.150. The molecule has 3 atom stereocenters. The van der Waals surface area contributed by atoms with Crippen LogP contribution < -0.4 is 0 Å². The highest BCUT2D eigenvalue weighted by Gasteiger charge is 2.43. The number of hydrogen-bond acceptors (Lipinski definition) is 4. The summed E-state index contributed by atoms with van der Waals surface area (Å²) in [5.74, 6) is -0.329. The van der Waals surface area contributed by atoms with E-state index < -0.39 is 0 Å². The van der Waals surface area contributed by atoms with Gasteiger partial charge in [-0.05, 0) is 44.6 Å². The van der Waals surface area contributed by atoms with Gasteiger partial charge in [-0.25, -0.2) is 4.79 Å². The summed E-state index contributed by atoms with van der Waals surface area (Å²) >= 11 is 0. The van der Waals surface area contributed by atoms with E-state index in [4.69, 9.17) is 9.47 Å². The summed E-state index contributed by atoms with van der Waals surface area (Å²) in [6.45, 7) is 6.28. The van der Waals surface area contributed by atoms with Crippen LogP contribution in [-0.4, -0.2) is 29.6 Å². The van der Waals surface area contributed by atoms with E-state index in [1.54, 1.807) is 4.90 Å². The lowest BCUT2D eigenvalue weighted by atomic mass is 9.74. The molecule has 1 aliphatic heterocycles. The number of likely N-dealkylation sites (tertiary alicyclic amines) is 1. The topological polar surface area (TPSA) is 55.8 Å². The van der Waals surface area contributed by atoms with Gasteiger partial charge in [0.15, 0.2) is 0 Å². The fraction of sp³-hybridized carbons (Fsp3) is 0.478. The molecular formula is C23H29NO4. The molecule has 0 saturated carbocycles. The highest BCUT2D eigenvalue weighted by molar-refractivity contribution is 5.75. The van der Waals surface area contributed by atoms with Crippen molar-refractivity contribution < 1.29 is 19.1 Å². The molecule has 150 valence electrons. The number of benzene rings is 1. The average Bonchev–Trinajstić information content (AvgIpc) is 2.72. The first-order chi connectivity index (χ1) is 13.7. The van der Waals surface area contributed by atoms with Crippen molar-refractivity contribution in [1.29, 1.82) is 0 Å². The van der Waals surface area contributed by atoms with Gasteiger partial charge in [0, 0.05) is 17.7 Å². The Kier molecular flexibility index (Phi) is 6.90. The molecule has 0 unspecified atom stereocenters. The number of carbonyl (C=O) groups excluding carboxylic acids is 2. The fourth-order valence-electron chi connectivity index (χ4n) is 4.30. The average molecular weight is 383 g/mol. The van der Waals surface area contributed by atoms with Crippen LogP contribution in [0.2, 0.25) is 0 Å². The second kappa shape index (κ2) is 9.58. The minimum atomic E-state index is -0.351. The largest absolute Gasteiger partial charge is 0.466 e. The number of ether oxygens (including phenoxy) is 2. The molecule has 0 bridgehead atoms. The van der Waals surface area contributed by atoms with Crippen molar-refractivity contribution in [2.24, 2.45) is 11.8 Å². The van der Waals surface area contributed by atoms with E-state index in [1.807, 2.05) is 43.3 Å². The van der Waals surface area contributed by atoms with Crippen molar-refractivity contribution >= 4 is 12.1 Å². The number of allylic oxidation sites excluding steroid dienone is 2. The standard InChI is InChI=1S/C23H29NO4/c1-3-9-18-14-15-19-20(22(25)27-4-2)12-8-13-21(19)24(18)23(26)28-16-17-10-6-5-7-11-17/h3,5-7,10-11,13,18-20H,1,4,8-9,12,14-16H2,2H3/t18-,19+,20+/m1/s1. The second-order valence-electron chi connectivity index (χ2n) is 7.34. The molecule has 3 rings (SSSR count). The molecule has 5 nitrogen and oxygen atoms in total. The number of nitrogens with zero attached hydrogens (tertiary/aromatic N) is 1. The summed E-state index contributed by atoms with van der Waals surface area (Å²) < 4.78 is 10.9. The maximum Gasteiger partial charge on any atom is 0.414 e. The van der Waals surface area contributed by atoms with Gasteiger partial charge in [-0.15, -0.1) is 6.58 Å². The molecule has 1 saturated heterocycles. The lowest BCUT2D eigenvalue weighted by Crippen LogP contribution is -2.48. The molecule has 0 radical (unpaired) electrons. The Hall–Kier alpha value is -2.56. The van der Waals surface area contributed by atoms with Crippen LogP contribution in [0.4, 0.5) is 4.79 Å². The van der Waals surface area contributed by atoms with Crippen molar-refractivity contribution in [3.63, 3.8) is 0 Å². The van der Waals surface area contributed by atoms with Gasteiger partial charge in [-0.3, -0.25) is 9.69 Å². The van der Waals surface area contributed by atoms with Crippen LogP contribution in [0.1, 0.15) is 44.6 Å². The van der Waals surface area contributed by atoms with E-state index in [9.17, 15) is 9.59 Å². The van der Waals surface area contributed by atoms with Crippen LogP contribution in [0.25, 0.3) is 0 Å². The van der Waals surface area contributed by atoms with E-state index in [0.717, 1.165) is 36.9 Å². The van der Waals surface area contributed by atoms with Crippen LogP contribution in [0, 0.1) is 11.8 Å². The molecule has 5 heteroatoms. The molecule has 1 aromatic rings. The van der Waals surface area contributed by atoms with Gasteiger partial charge in [0.25, 0.3) is 0 Å². The Bertz CT molecular complexity index is 727. The first-order valence-corrected chi connectivity index (χ1v) is 10.1. The van der Waals surface area contributed by atoms with Gasteiger partial charge in [-0.2, -0.15) is 0 Å². The van der Waals surface area contributed by atoms with Crippen molar-refractivity contribution in [2.75, 3.05) is 6.61 Å². The molecule has 28 heavy (non-hydrogen) atoms. The van der Waals surface area contributed by atoms with Crippen molar-refractivity contribution in [1.82, 2.24) is 4.90 Å². The summed E-state index contributed by atoms with van der Waals surface area (Å²) in [4.78, 5) is 27.2. The minimum Gasteiger partial charge on any atom is -0.466 e. The predicted molar refractivity (Wildman–Crippen MR) is 107 cm³/mol. The van der Waals surface area contributed by atoms with Crippen LogP contribution in [-0.2, 0) is 20.9 Å². The molecule has 1 fully saturated rings. The number of rotatable bonds is 6. The minimum absolute atomic E-state index is 0.0122. The first kappa shape index (κ1) is 20.2. The number of carbonyl (C=O) groups is 2. The number of amides is 1. The lowest BCUT2D eigenvalue weighted by Gasteiger charge is -2.44. The van der Waals surface area contributed by atoms with Crippen LogP contribution in [0.5, 0.6) is 0 Å². The highest BCUT2D eigenvalue weighted by atomic mass is 16.6. The van der Waals surface area contributed by atoms with Crippen molar-refractivity contribution in [3.8, 4) is 0 Å². The summed E-state index contributed by atoms with van der Waals surface area (Å²) in [6, 6.07) is 9.67. The van der Waals surface area contributed by atoms with Crippen molar-refractivity contribution in [3.05, 3.63) is 60.3 Å². The maximum absolute atomic E-state index is 13.0. The third kappa shape index (κ3) is 4.46. The molecule has 2 aliphatic rings. The fourth-order valence-corrected chi connectivity index (χ4v) is 4.30. The van der Waals surface area contributed by atoms with Gasteiger partial charge < -0.3 is 9.47 Å². The van der Waals surface area contributed by atoms with E-state index >= 15 is 0 Å². The summed E-state index contributed by atoms with van der Waals surface area (Å²) in [6.07, 6.45) is 7.52. The number of piperidine rings is 1. The zero-order valence-corrected chi connectivity index (χ0v) is 16.5. The van der Waals surface area contributed by atoms with Gasteiger partial charge in [-0.1, -0.05) is 42.5 Å². The molecule has 0 N–H and O–H groups in total. The Labute approximate surface area is 167 Å². The van der Waals surface area contributed by atoms with Crippen LogP contribution >= 0.6 is 0 Å². The third-order valence-corrected chi connectivity index (χ3v) is 5.58. The monoisotopic (exact) mass is 383 g/mol. The van der Waals surface area contributed by atoms with Gasteiger partial charge in [0.2, 0.25) is 0 Å². The maximum atomic E-state index is 13.0. The molecule has 0 spiro atoms. The Balaban J connectivity index is 1.78.